The molecule has 0 aromatic rings. The zero-order chi connectivity index (χ0) is 14.5. The Morgan fingerprint density at radius 2 is 1.90 bits per heavy atom. The van der Waals surface area contributed by atoms with Crippen LogP contribution in [-0.4, -0.2) is 77.1 Å². The van der Waals surface area contributed by atoms with Crippen LogP contribution in [0.1, 0.15) is 19.8 Å². The number of hydrogen-bond donors (Lipinski definition) is 2. The highest BCUT2D eigenvalue weighted by Crippen LogP contribution is 1.99. The number of guanidine groups is 1. The van der Waals surface area contributed by atoms with Gasteiger partial charge < -0.3 is 20.1 Å². The second-order valence-electron chi connectivity index (χ2n) is 4.78. The molecule has 0 aromatic heterocycles. The van der Waals surface area contributed by atoms with Crippen LogP contribution in [0.25, 0.3) is 0 Å². The van der Waals surface area contributed by atoms with E-state index in [9.17, 15) is 0 Å². The zero-order valence-electron chi connectivity index (χ0n) is 13.4. The van der Waals surface area contributed by atoms with Crippen LogP contribution in [0.3, 0.4) is 0 Å². The Bertz CT molecular complexity index is 261. The molecule has 0 unspecified atom stereocenters. The van der Waals surface area contributed by atoms with Gasteiger partial charge in [-0.05, 0) is 26.3 Å². The molecule has 1 heterocycles. The molecule has 1 aliphatic heterocycles. The fourth-order valence-corrected chi connectivity index (χ4v) is 2.10. The number of rotatable bonds is 9. The molecule has 0 saturated carbocycles. The van der Waals surface area contributed by atoms with Gasteiger partial charge in [0.25, 0.3) is 0 Å². The van der Waals surface area contributed by atoms with E-state index in [-0.39, 0.29) is 24.0 Å². The molecule has 0 aliphatic carbocycles. The fraction of sp³-hybridized carbons (Fsp3) is 0.929. The molecule has 0 radical (unpaired) electrons. The quantitative estimate of drug-likeness (QED) is 0.254. The SMILES string of the molecule is CCOCCNC(=NC)NCCCCN1CCOCC1.I. The lowest BCUT2D eigenvalue weighted by atomic mass is 10.3. The molecule has 2 N–H and O–H groups in total. The van der Waals surface area contributed by atoms with Crippen LogP contribution in [0.2, 0.25) is 0 Å². The first kappa shape index (κ1) is 20.9. The van der Waals surface area contributed by atoms with E-state index in [4.69, 9.17) is 9.47 Å². The molecule has 7 heteroatoms. The first-order valence-corrected chi connectivity index (χ1v) is 7.69. The van der Waals surface area contributed by atoms with Gasteiger partial charge in [-0.3, -0.25) is 9.89 Å². The monoisotopic (exact) mass is 414 g/mol. The van der Waals surface area contributed by atoms with Crippen LogP contribution < -0.4 is 10.6 Å². The van der Waals surface area contributed by atoms with Gasteiger partial charge >= 0.3 is 0 Å². The van der Waals surface area contributed by atoms with E-state index in [2.05, 4.69) is 20.5 Å². The lowest BCUT2D eigenvalue weighted by Crippen LogP contribution is -2.40. The molecule has 126 valence electrons. The summed E-state index contributed by atoms with van der Waals surface area (Å²) in [4.78, 5) is 6.66. The smallest absolute Gasteiger partial charge is 0.191 e. The number of morpholine rings is 1. The van der Waals surface area contributed by atoms with Gasteiger partial charge in [0.2, 0.25) is 0 Å². The Morgan fingerprint density at radius 1 is 1.19 bits per heavy atom. The summed E-state index contributed by atoms with van der Waals surface area (Å²) in [6.07, 6.45) is 2.37. The minimum Gasteiger partial charge on any atom is -0.380 e. The van der Waals surface area contributed by atoms with Crippen molar-refractivity contribution in [3.8, 4) is 0 Å². The molecular weight excluding hydrogens is 383 g/mol. The molecular formula is C14H31IN4O2. The molecule has 1 aliphatic rings. The third-order valence-corrected chi connectivity index (χ3v) is 3.26. The highest BCUT2D eigenvalue weighted by atomic mass is 127. The normalized spacial score (nSPS) is 16.4. The van der Waals surface area contributed by atoms with Gasteiger partial charge in [-0.25, -0.2) is 0 Å². The summed E-state index contributed by atoms with van der Waals surface area (Å²) in [5.41, 5.74) is 0. The van der Waals surface area contributed by atoms with Crippen molar-refractivity contribution in [1.29, 1.82) is 0 Å². The molecule has 1 rings (SSSR count). The third kappa shape index (κ3) is 11.1. The first-order valence-electron chi connectivity index (χ1n) is 7.69. The average Bonchev–Trinajstić information content (AvgIpc) is 2.50. The summed E-state index contributed by atoms with van der Waals surface area (Å²) >= 11 is 0. The van der Waals surface area contributed by atoms with E-state index in [0.29, 0.717) is 6.61 Å². The minimum atomic E-state index is 0. The van der Waals surface area contributed by atoms with Crippen molar-refractivity contribution in [3.63, 3.8) is 0 Å². The Hall–Kier alpha value is -0.120. The highest BCUT2D eigenvalue weighted by molar-refractivity contribution is 14.0. The number of ether oxygens (including phenoxy) is 2. The van der Waals surface area contributed by atoms with Crippen LogP contribution in [-0.2, 0) is 9.47 Å². The fourth-order valence-electron chi connectivity index (χ4n) is 2.10. The molecule has 0 atom stereocenters. The zero-order valence-corrected chi connectivity index (χ0v) is 15.7. The average molecular weight is 414 g/mol. The number of unbranched alkanes of at least 4 members (excludes halogenated alkanes) is 1. The van der Waals surface area contributed by atoms with Crippen molar-refractivity contribution in [3.05, 3.63) is 0 Å². The van der Waals surface area contributed by atoms with Crippen molar-refractivity contribution in [2.24, 2.45) is 4.99 Å². The maximum Gasteiger partial charge on any atom is 0.191 e. The largest absolute Gasteiger partial charge is 0.380 e. The topological polar surface area (TPSA) is 58.1 Å². The van der Waals surface area contributed by atoms with Crippen LogP contribution >= 0.6 is 24.0 Å². The number of aliphatic imine (C=N–C) groups is 1. The van der Waals surface area contributed by atoms with E-state index >= 15 is 0 Å². The molecule has 0 spiro atoms. The van der Waals surface area contributed by atoms with Crippen molar-refractivity contribution in [2.45, 2.75) is 19.8 Å². The molecule has 1 fully saturated rings. The van der Waals surface area contributed by atoms with E-state index in [0.717, 1.165) is 58.4 Å². The maximum atomic E-state index is 5.34. The second-order valence-corrected chi connectivity index (χ2v) is 4.78. The Morgan fingerprint density at radius 3 is 2.57 bits per heavy atom. The number of hydrogen-bond acceptors (Lipinski definition) is 4. The molecule has 1 saturated heterocycles. The van der Waals surface area contributed by atoms with Crippen molar-refractivity contribution < 1.29 is 9.47 Å². The van der Waals surface area contributed by atoms with Gasteiger partial charge in [0.1, 0.15) is 0 Å². The van der Waals surface area contributed by atoms with Crippen molar-refractivity contribution in [1.82, 2.24) is 15.5 Å². The van der Waals surface area contributed by atoms with Gasteiger partial charge in [-0.1, -0.05) is 0 Å². The van der Waals surface area contributed by atoms with Crippen LogP contribution in [0.5, 0.6) is 0 Å². The molecule has 0 aromatic carbocycles. The number of nitrogens with one attached hydrogen (secondary N) is 2. The van der Waals surface area contributed by atoms with Gasteiger partial charge in [-0.2, -0.15) is 0 Å². The third-order valence-electron chi connectivity index (χ3n) is 3.26. The van der Waals surface area contributed by atoms with Crippen molar-refractivity contribution in [2.75, 3.05) is 66.2 Å². The predicted octanol–water partition coefficient (Wildman–Crippen LogP) is 0.918. The van der Waals surface area contributed by atoms with Gasteiger partial charge in [-0.15, -0.1) is 24.0 Å². The summed E-state index contributed by atoms with van der Waals surface area (Å²) < 4.78 is 10.6. The summed E-state index contributed by atoms with van der Waals surface area (Å²) in [5.74, 6) is 0.857. The lowest BCUT2D eigenvalue weighted by Gasteiger charge is -2.26. The summed E-state index contributed by atoms with van der Waals surface area (Å²) in [5, 5.41) is 6.56. The lowest BCUT2D eigenvalue weighted by molar-refractivity contribution is 0.0372. The van der Waals surface area contributed by atoms with Gasteiger partial charge in [0.05, 0.1) is 19.8 Å². The summed E-state index contributed by atoms with van der Waals surface area (Å²) in [7, 11) is 1.80. The van der Waals surface area contributed by atoms with Crippen LogP contribution in [0.15, 0.2) is 4.99 Å². The van der Waals surface area contributed by atoms with E-state index in [1.165, 1.54) is 13.0 Å². The highest BCUT2D eigenvalue weighted by Gasteiger charge is 2.08. The summed E-state index contributed by atoms with van der Waals surface area (Å²) in [6, 6.07) is 0. The van der Waals surface area contributed by atoms with Gasteiger partial charge in [0.15, 0.2) is 5.96 Å². The van der Waals surface area contributed by atoms with E-state index < -0.39 is 0 Å². The molecule has 21 heavy (non-hydrogen) atoms. The summed E-state index contributed by atoms with van der Waals surface area (Å²) in [6.45, 7) is 10.3. The van der Waals surface area contributed by atoms with Gasteiger partial charge in [0, 0.05) is 39.8 Å². The Balaban J connectivity index is 0.00000400. The van der Waals surface area contributed by atoms with E-state index in [1.807, 2.05) is 6.92 Å². The van der Waals surface area contributed by atoms with Crippen LogP contribution in [0, 0.1) is 0 Å². The Kier molecular flexibility index (Phi) is 14.7. The van der Waals surface area contributed by atoms with Crippen molar-refractivity contribution >= 4 is 29.9 Å². The number of nitrogens with zero attached hydrogens (tertiary/aromatic N) is 2. The predicted molar refractivity (Wildman–Crippen MR) is 97.8 cm³/mol. The van der Waals surface area contributed by atoms with Crippen LogP contribution in [0.4, 0.5) is 0 Å². The Labute approximate surface area is 146 Å². The maximum absolute atomic E-state index is 5.34. The molecule has 0 bridgehead atoms. The standard InChI is InChI=1S/C14H30N4O2.HI/c1-3-19-11-7-17-14(15-2)16-6-4-5-8-18-9-12-20-13-10-18;/h3-13H2,1-2H3,(H2,15,16,17);1H. The molecule has 6 nitrogen and oxygen atoms in total. The minimum absolute atomic E-state index is 0. The first-order chi connectivity index (χ1) is 9.86. The number of halogens is 1. The van der Waals surface area contributed by atoms with E-state index in [1.54, 1.807) is 7.05 Å². The second kappa shape index (κ2) is 14.8. The molecule has 0 amide bonds.